The Kier molecular flexibility index (Phi) is 6.96. The first kappa shape index (κ1) is 19.9. The van der Waals surface area contributed by atoms with E-state index in [1.807, 2.05) is 45.9 Å². The summed E-state index contributed by atoms with van der Waals surface area (Å²) >= 11 is 6.18. The van der Waals surface area contributed by atoms with Crippen molar-refractivity contribution in [2.45, 2.75) is 46.3 Å². The van der Waals surface area contributed by atoms with Gasteiger partial charge in [0.1, 0.15) is 11.4 Å². The molecule has 1 aromatic rings. The highest BCUT2D eigenvalue weighted by molar-refractivity contribution is 6.30. The van der Waals surface area contributed by atoms with E-state index in [1.165, 1.54) is 0 Å². The predicted octanol–water partition coefficient (Wildman–Crippen LogP) is 4.09. The molecular weight excluding hydrogens is 340 g/mol. The van der Waals surface area contributed by atoms with Gasteiger partial charge in [-0.1, -0.05) is 11.6 Å². The van der Waals surface area contributed by atoms with Crippen molar-refractivity contribution < 1.29 is 14.3 Å². The zero-order valence-electron chi connectivity index (χ0n) is 15.6. The summed E-state index contributed by atoms with van der Waals surface area (Å²) in [6.45, 7) is 11.6. The number of hydrogen-bond acceptors (Lipinski definition) is 4. The normalized spacial score (nSPS) is 18.2. The molecule has 0 spiro atoms. The van der Waals surface area contributed by atoms with E-state index in [1.54, 1.807) is 0 Å². The molecule has 1 aromatic carbocycles. The Morgan fingerprint density at radius 2 is 2.12 bits per heavy atom. The fourth-order valence-corrected chi connectivity index (χ4v) is 3.23. The molecule has 0 aromatic heterocycles. The van der Waals surface area contributed by atoms with Gasteiger partial charge in [-0.3, -0.25) is 4.90 Å². The van der Waals surface area contributed by atoms with Gasteiger partial charge in [-0.05, 0) is 70.3 Å². The number of amides is 1. The standard InChI is InChI=1S/C19H29ClN2O3/c1-5-24-17-9-15(8-16(20)10-17)13-22-7-6-14(12-22)11-21-18(23)25-19(2,3)4/h8-10,14H,5-7,11-13H2,1-4H3,(H,21,23). The van der Waals surface area contributed by atoms with E-state index >= 15 is 0 Å². The molecule has 0 aliphatic carbocycles. The maximum Gasteiger partial charge on any atom is 0.407 e. The second-order valence-electron chi connectivity index (χ2n) is 7.50. The fourth-order valence-electron chi connectivity index (χ4n) is 2.99. The molecule has 0 saturated carbocycles. The Hall–Kier alpha value is -1.46. The number of nitrogens with zero attached hydrogens (tertiary/aromatic N) is 1. The van der Waals surface area contributed by atoms with Crippen molar-refractivity contribution in [2.75, 3.05) is 26.2 Å². The highest BCUT2D eigenvalue weighted by atomic mass is 35.5. The minimum absolute atomic E-state index is 0.345. The van der Waals surface area contributed by atoms with Crippen molar-refractivity contribution in [3.8, 4) is 5.75 Å². The molecule has 1 amide bonds. The van der Waals surface area contributed by atoms with E-state index in [4.69, 9.17) is 21.1 Å². The molecule has 1 atom stereocenters. The zero-order valence-corrected chi connectivity index (χ0v) is 16.4. The fraction of sp³-hybridized carbons (Fsp3) is 0.632. The van der Waals surface area contributed by atoms with Crippen molar-refractivity contribution in [1.29, 1.82) is 0 Å². The molecule has 1 N–H and O–H groups in total. The summed E-state index contributed by atoms with van der Waals surface area (Å²) in [6, 6.07) is 5.87. The van der Waals surface area contributed by atoms with Gasteiger partial charge in [0.15, 0.2) is 0 Å². The first-order valence-electron chi connectivity index (χ1n) is 8.86. The summed E-state index contributed by atoms with van der Waals surface area (Å²) in [5, 5.41) is 3.57. The van der Waals surface area contributed by atoms with Crippen LogP contribution in [0.2, 0.25) is 5.02 Å². The summed E-state index contributed by atoms with van der Waals surface area (Å²) in [6.07, 6.45) is 0.719. The first-order chi connectivity index (χ1) is 11.7. The lowest BCUT2D eigenvalue weighted by Crippen LogP contribution is -2.35. The topological polar surface area (TPSA) is 50.8 Å². The molecule has 1 fully saturated rings. The minimum atomic E-state index is -0.462. The van der Waals surface area contributed by atoms with Crippen LogP contribution in [0.5, 0.6) is 5.75 Å². The van der Waals surface area contributed by atoms with Crippen LogP contribution in [-0.2, 0) is 11.3 Å². The van der Waals surface area contributed by atoms with Crippen molar-refractivity contribution in [3.63, 3.8) is 0 Å². The van der Waals surface area contributed by atoms with Gasteiger partial charge in [-0.2, -0.15) is 0 Å². The van der Waals surface area contributed by atoms with Crippen LogP contribution < -0.4 is 10.1 Å². The lowest BCUT2D eigenvalue weighted by molar-refractivity contribution is 0.0519. The van der Waals surface area contributed by atoms with E-state index in [9.17, 15) is 4.79 Å². The smallest absolute Gasteiger partial charge is 0.407 e. The molecule has 5 nitrogen and oxygen atoms in total. The zero-order chi connectivity index (χ0) is 18.4. The minimum Gasteiger partial charge on any atom is -0.494 e. The third-order valence-electron chi connectivity index (χ3n) is 3.95. The molecule has 0 radical (unpaired) electrons. The Morgan fingerprint density at radius 1 is 1.36 bits per heavy atom. The first-order valence-corrected chi connectivity index (χ1v) is 9.24. The molecule has 1 unspecified atom stereocenters. The van der Waals surface area contributed by atoms with Crippen LogP contribution in [0, 0.1) is 5.92 Å². The second kappa shape index (κ2) is 8.77. The number of alkyl carbamates (subject to hydrolysis) is 1. The summed E-state index contributed by atoms with van der Waals surface area (Å²) in [4.78, 5) is 14.1. The van der Waals surface area contributed by atoms with E-state index in [-0.39, 0.29) is 6.09 Å². The van der Waals surface area contributed by atoms with Gasteiger partial charge >= 0.3 is 6.09 Å². The summed E-state index contributed by atoms with van der Waals surface area (Å²) in [5.41, 5.74) is 0.688. The lowest BCUT2D eigenvalue weighted by atomic mass is 10.1. The quantitative estimate of drug-likeness (QED) is 0.821. The molecule has 6 heteroatoms. The largest absolute Gasteiger partial charge is 0.494 e. The van der Waals surface area contributed by atoms with Crippen molar-refractivity contribution in [3.05, 3.63) is 28.8 Å². The average Bonchev–Trinajstić information content (AvgIpc) is 2.90. The number of carbonyl (C=O) groups is 1. The summed E-state index contributed by atoms with van der Waals surface area (Å²) < 4.78 is 10.8. The molecule has 1 heterocycles. The second-order valence-corrected chi connectivity index (χ2v) is 7.94. The van der Waals surface area contributed by atoms with Crippen LogP contribution >= 0.6 is 11.6 Å². The van der Waals surface area contributed by atoms with Gasteiger partial charge in [0, 0.05) is 24.7 Å². The molecule has 140 valence electrons. The number of hydrogen-bond donors (Lipinski definition) is 1. The number of carbonyl (C=O) groups excluding carboxylic acids is 1. The SMILES string of the molecule is CCOc1cc(Cl)cc(CN2CCC(CNC(=O)OC(C)(C)C)C2)c1. The molecular formula is C19H29ClN2O3. The number of rotatable bonds is 6. The van der Waals surface area contributed by atoms with Crippen LogP contribution in [0.3, 0.4) is 0 Å². The number of benzene rings is 1. The van der Waals surface area contributed by atoms with Gasteiger partial charge in [0.2, 0.25) is 0 Å². The predicted molar refractivity (Wildman–Crippen MR) is 100 cm³/mol. The van der Waals surface area contributed by atoms with Crippen LogP contribution in [0.15, 0.2) is 18.2 Å². The molecule has 1 saturated heterocycles. The number of ether oxygens (including phenoxy) is 2. The number of nitrogens with one attached hydrogen (secondary N) is 1. The van der Waals surface area contributed by atoms with Gasteiger partial charge in [0.25, 0.3) is 0 Å². The van der Waals surface area contributed by atoms with Crippen LogP contribution in [0.25, 0.3) is 0 Å². The van der Waals surface area contributed by atoms with E-state index in [0.717, 1.165) is 37.4 Å². The summed E-state index contributed by atoms with van der Waals surface area (Å²) in [5.74, 6) is 1.26. The third kappa shape index (κ3) is 7.12. The molecule has 2 rings (SSSR count). The van der Waals surface area contributed by atoms with Crippen molar-refractivity contribution in [1.82, 2.24) is 10.2 Å². The Balaban J connectivity index is 1.80. The molecule has 1 aliphatic heterocycles. The summed E-state index contributed by atoms with van der Waals surface area (Å²) in [7, 11) is 0. The van der Waals surface area contributed by atoms with Crippen LogP contribution in [0.1, 0.15) is 39.7 Å². The van der Waals surface area contributed by atoms with Gasteiger partial charge < -0.3 is 14.8 Å². The van der Waals surface area contributed by atoms with Crippen LogP contribution in [0.4, 0.5) is 4.79 Å². The van der Waals surface area contributed by atoms with Crippen molar-refractivity contribution >= 4 is 17.7 Å². The molecule has 25 heavy (non-hydrogen) atoms. The lowest BCUT2D eigenvalue weighted by Gasteiger charge is -2.21. The van der Waals surface area contributed by atoms with E-state index in [2.05, 4.69) is 10.2 Å². The van der Waals surface area contributed by atoms with E-state index < -0.39 is 5.60 Å². The number of halogens is 1. The average molecular weight is 369 g/mol. The number of likely N-dealkylation sites (tertiary alicyclic amines) is 1. The maximum absolute atomic E-state index is 11.7. The molecule has 1 aliphatic rings. The monoisotopic (exact) mass is 368 g/mol. The Morgan fingerprint density at radius 3 is 2.80 bits per heavy atom. The van der Waals surface area contributed by atoms with Gasteiger partial charge in [0.05, 0.1) is 6.61 Å². The van der Waals surface area contributed by atoms with E-state index in [0.29, 0.717) is 24.1 Å². The van der Waals surface area contributed by atoms with Gasteiger partial charge in [-0.15, -0.1) is 0 Å². The Bertz CT molecular complexity index is 587. The van der Waals surface area contributed by atoms with Gasteiger partial charge in [-0.25, -0.2) is 4.79 Å². The van der Waals surface area contributed by atoms with Crippen molar-refractivity contribution in [2.24, 2.45) is 5.92 Å². The highest BCUT2D eigenvalue weighted by Gasteiger charge is 2.24. The highest BCUT2D eigenvalue weighted by Crippen LogP contribution is 2.24. The maximum atomic E-state index is 11.7. The Labute approximate surface area is 155 Å². The van der Waals surface area contributed by atoms with Crippen LogP contribution in [-0.4, -0.2) is 42.8 Å². The third-order valence-corrected chi connectivity index (χ3v) is 4.17. The molecule has 0 bridgehead atoms.